The highest BCUT2D eigenvalue weighted by Crippen LogP contribution is 2.28. The monoisotopic (exact) mass is 271 g/mol. The van der Waals surface area contributed by atoms with Crippen LogP contribution in [-0.4, -0.2) is 37.7 Å². The Balaban J connectivity index is 1.62. The van der Waals surface area contributed by atoms with Gasteiger partial charge in [-0.3, -0.25) is 0 Å². The third-order valence-electron chi connectivity index (χ3n) is 4.61. The molecule has 0 aliphatic carbocycles. The van der Waals surface area contributed by atoms with Gasteiger partial charge in [0.15, 0.2) is 0 Å². The van der Waals surface area contributed by atoms with Gasteiger partial charge >= 0.3 is 0 Å². The lowest BCUT2D eigenvalue weighted by Crippen LogP contribution is -2.55. The molecule has 1 aromatic carbocycles. The molecule has 1 atom stereocenters. The Morgan fingerprint density at radius 3 is 2.80 bits per heavy atom. The number of nitriles is 1. The molecular weight excluding hydrogens is 250 g/mol. The number of hydrogen-bond acceptors (Lipinski definition) is 4. The first-order chi connectivity index (χ1) is 9.80. The first kappa shape index (κ1) is 13.4. The smallest absolute Gasteiger partial charge is 0.136 e. The van der Waals surface area contributed by atoms with Crippen LogP contribution < -0.4 is 10.1 Å². The fraction of sp³-hybridized carbons (Fsp3) is 0.562. The zero-order valence-electron chi connectivity index (χ0n) is 11.9. The van der Waals surface area contributed by atoms with Crippen molar-refractivity contribution in [2.75, 3.05) is 26.7 Å². The number of piperidine rings is 3. The van der Waals surface area contributed by atoms with E-state index >= 15 is 0 Å². The van der Waals surface area contributed by atoms with Gasteiger partial charge < -0.3 is 15.0 Å². The number of hydrogen-bond donors (Lipinski definition) is 1. The van der Waals surface area contributed by atoms with Crippen LogP contribution in [0.25, 0.3) is 0 Å². The quantitative estimate of drug-likeness (QED) is 0.906. The van der Waals surface area contributed by atoms with Gasteiger partial charge in [0.05, 0.1) is 12.7 Å². The molecule has 0 saturated carbocycles. The maximum Gasteiger partial charge on any atom is 0.136 e. The van der Waals surface area contributed by atoms with E-state index in [0.29, 0.717) is 17.4 Å². The summed E-state index contributed by atoms with van der Waals surface area (Å²) >= 11 is 0. The van der Waals surface area contributed by atoms with E-state index in [1.807, 2.05) is 18.2 Å². The largest absolute Gasteiger partial charge is 0.495 e. The van der Waals surface area contributed by atoms with Crippen molar-refractivity contribution in [3.05, 3.63) is 29.3 Å². The van der Waals surface area contributed by atoms with Gasteiger partial charge in [-0.2, -0.15) is 5.26 Å². The molecule has 3 aliphatic heterocycles. The van der Waals surface area contributed by atoms with Gasteiger partial charge in [0, 0.05) is 19.1 Å². The van der Waals surface area contributed by atoms with Gasteiger partial charge in [-0.15, -0.1) is 0 Å². The Morgan fingerprint density at radius 1 is 1.40 bits per heavy atom. The highest BCUT2D eigenvalue weighted by atomic mass is 16.5. The van der Waals surface area contributed by atoms with Crippen molar-refractivity contribution >= 4 is 0 Å². The molecule has 0 spiro atoms. The summed E-state index contributed by atoms with van der Waals surface area (Å²) < 4.78 is 5.26. The third-order valence-corrected chi connectivity index (χ3v) is 4.61. The molecule has 3 saturated heterocycles. The summed E-state index contributed by atoms with van der Waals surface area (Å²) in [4.78, 5) is 2.55. The van der Waals surface area contributed by atoms with E-state index < -0.39 is 0 Å². The van der Waals surface area contributed by atoms with Crippen LogP contribution in [0, 0.1) is 17.2 Å². The second-order valence-corrected chi connectivity index (χ2v) is 5.77. The molecule has 3 heterocycles. The number of nitrogens with zero attached hydrogens (tertiary/aromatic N) is 2. The Labute approximate surface area is 120 Å². The van der Waals surface area contributed by atoms with Gasteiger partial charge in [-0.05, 0) is 49.5 Å². The lowest BCUT2D eigenvalue weighted by atomic mass is 9.84. The molecule has 4 heteroatoms. The second-order valence-electron chi connectivity index (χ2n) is 5.77. The second kappa shape index (κ2) is 5.82. The molecule has 3 aliphatic rings. The molecule has 20 heavy (non-hydrogen) atoms. The van der Waals surface area contributed by atoms with E-state index in [1.165, 1.54) is 38.0 Å². The third kappa shape index (κ3) is 2.65. The minimum atomic E-state index is 0.596. The van der Waals surface area contributed by atoms with Crippen LogP contribution in [0.2, 0.25) is 0 Å². The van der Waals surface area contributed by atoms with E-state index in [4.69, 9.17) is 10.00 Å². The van der Waals surface area contributed by atoms with Crippen LogP contribution >= 0.6 is 0 Å². The predicted octanol–water partition coefficient (Wildman–Crippen LogP) is 1.75. The summed E-state index contributed by atoms with van der Waals surface area (Å²) in [6.07, 6.45) is 2.66. The van der Waals surface area contributed by atoms with E-state index in [1.54, 1.807) is 7.11 Å². The fourth-order valence-electron chi connectivity index (χ4n) is 3.38. The molecule has 1 aromatic rings. The number of nitrogens with one attached hydrogen (secondary N) is 1. The SMILES string of the molecule is COc1cc(CNC2CN3CCC2CC3)ccc1C#N. The van der Waals surface area contributed by atoms with Crippen LogP contribution in [0.5, 0.6) is 5.75 Å². The number of methoxy groups -OCH3 is 1. The van der Waals surface area contributed by atoms with Crippen LogP contribution in [0.3, 0.4) is 0 Å². The number of benzene rings is 1. The Hall–Kier alpha value is -1.57. The molecule has 0 amide bonds. The molecule has 4 rings (SSSR count). The normalized spacial score (nSPS) is 28.1. The Kier molecular flexibility index (Phi) is 3.90. The molecular formula is C16H21N3O. The van der Waals surface area contributed by atoms with Crippen molar-refractivity contribution in [3.8, 4) is 11.8 Å². The minimum absolute atomic E-state index is 0.596. The molecule has 1 unspecified atom stereocenters. The fourth-order valence-corrected chi connectivity index (χ4v) is 3.38. The van der Waals surface area contributed by atoms with Gasteiger partial charge in [0.1, 0.15) is 11.8 Å². The van der Waals surface area contributed by atoms with Gasteiger partial charge in [0.25, 0.3) is 0 Å². The van der Waals surface area contributed by atoms with Crippen molar-refractivity contribution in [1.82, 2.24) is 10.2 Å². The van der Waals surface area contributed by atoms with Gasteiger partial charge in [-0.1, -0.05) is 6.07 Å². The Bertz CT molecular complexity index is 515. The van der Waals surface area contributed by atoms with Gasteiger partial charge in [0.2, 0.25) is 0 Å². The molecule has 106 valence electrons. The van der Waals surface area contributed by atoms with E-state index in [9.17, 15) is 0 Å². The maximum absolute atomic E-state index is 8.99. The topological polar surface area (TPSA) is 48.3 Å². The highest BCUT2D eigenvalue weighted by molar-refractivity contribution is 5.45. The van der Waals surface area contributed by atoms with E-state index in [2.05, 4.69) is 16.3 Å². The lowest BCUT2D eigenvalue weighted by Gasteiger charge is -2.45. The minimum Gasteiger partial charge on any atom is -0.495 e. The summed E-state index contributed by atoms with van der Waals surface area (Å²) in [5, 5.41) is 12.7. The van der Waals surface area contributed by atoms with Crippen molar-refractivity contribution < 1.29 is 4.74 Å². The number of fused-ring (bicyclic) bond motifs is 3. The molecule has 0 aromatic heterocycles. The number of rotatable bonds is 4. The predicted molar refractivity (Wildman–Crippen MR) is 77.5 cm³/mol. The summed E-state index contributed by atoms with van der Waals surface area (Å²) in [7, 11) is 1.61. The molecule has 0 radical (unpaired) electrons. The molecule has 2 bridgehead atoms. The summed E-state index contributed by atoms with van der Waals surface area (Å²) in [5.41, 5.74) is 1.77. The summed E-state index contributed by atoms with van der Waals surface area (Å²) in [6.45, 7) is 4.57. The van der Waals surface area contributed by atoms with E-state index in [-0.39, 0.29) is 0 Å². The molecule has 4 nitrogen and oxygen atoms in total. The first-order valence-corrected chi connectivity index (χ1v) is 7.33. The van der Waals surface area contributed by atoms with E-state index in [0.717, 1.165) is 12.5 Å². The van der Waals surface area contributed by atoms with Crippen LogP contribution in [0.1, 0.15) is 24.0 Å². The zero-order chi connectivity index (χ0) is 13.9. The maximum atomic E-state index is 8.99. The van der Waals surface area contributed by atoms with Crippen LogP contribution in [0.15, 0.2) is 18.2 Å². The lowest BCUT2D eigenvalue weighted by molar-refractivity contribution is 0.0720. The van der Waals surface area contributed by atoms with Gasteiger partial charge in [-0.25, -0.2) is 0 Å². The highest BCUT2D eigenvalue weighted by Gasteiger charge is 2.33. The van der Waals surface area contributed by atoms with Crippen LogP contribution in [0.4, 0.5) is 0 Å². The van der Waals surface area contributed by atoms with Crippen LogP contribution in [-0.2, 0) is 6.54 Å². The Morgan fingerprint density at radius 2 is 2.20 bits per heavy atom. The summed E-state index contributed by atoms with van der Waals surface area (Å²) in [5.74, 6) is 1.50. The zero-order valence-corrected chi connectivity index (χ0v) is 11.9. The molecule has 1 N–H and O–H groups in total. The van der Waals surface area contributed by atoms with Crippen molar-refractivity contribution in [3.63, 3.8) is 0 Å². The van der Waals surface area contributed by atoms with Crippen molar-refractivity contribution in [1.29, 1.82) is 5.26 Å². The van der Waals surface area contributed by atoms with Crippen molar-refractivity contribution in [2.45, 2.75) is 25.4 Å². The molecule has 3 fully saturated rings. The van der Waals surface area contributed by atoms with Crippen molar-refractivity contribution in [2.24, 2.45) is 5.92 Å². The average Bonchev–Trinajstić information content (AvgIpc) is 2.53. The standard InChI is InChI=1S/C16H21N3O/c1-20-16-8-12(2-3-14(16)9-17)10-18-15-11-19-6-4-13(15)5-7-19/h2-3,8,13,15,18H,4-7,10-11H2,1H3. The summed E-state index contributed by atoms with van der Waals surface area (Å²) in [6, 6.07) is 8.57. The number of ether oxygens (including phenoxy) is 1. The average molecular weight is 271 g/mol. The first-order valence-electron chi connectivity index (χ1n) is 7.33.